The van der Waals surface area contributed by atoms with Crippen molar-refractivity contribution >= 4 is 28.5 Å². The molecule has 106 valence electrons. The Morgan fingerprint density at radius 2 is 2.15 bits per heavy atom. The van der Waals surface area contributed by atoms with Gasteiger partial charge in [-0.2, -0.15) is 0 Å². The van der Waals surface area contributed by atoms with E-state index in [4.69, 9.17) is 16.3 Å². The Balaban J connectivity index is 2.12. The number of carbonyl (C=O) groups excluding carboxylic acids is 1. The SMILES string of the molecule is CCOC(=O)CN(C)Cc1cc2ccccc2nc1Cl. The average Bonchev–Trinajstić information content (AvgIpc) is 2.39. The van der Waals surface area contributed by atoms with Crippen molar-refractivity contribution in [3.63, 3.8) is 0 Å². The molecule has 0 bridgehead atoms. The zero-order chi connectivity index (χ0) is 14.5. The fourth-order valence-corrected chi connectivity index (χ4v) is 2.23. The second kappa shape index (κ2) is 6.68. The molecule has 0 saturated carbocycles. The highest BCUT2D eigenvalue weighted by Crippen LogP contribution is 2.21. The van der Waals surface area contributed by atoms with E-state index < -0.39 is 0 Å². The lowest BCUT2D eigenvalue weighted by Gasteiger charge is -2.16. The number of para-hydroxylation sites is 1. The van der Waals surface area contributed by atoms with Crippen molar-refractivity contribution < 1.29 is 9.53 Å². The quantitative estimate of drug-likeness (QED) is 0.628. The highest BCUT2D eigenvalue weighted by atomic mass is 35.5. The maximum Gasteiger partial charge on any atom is 0.320 e. The average molecular weight is 293 g/mol. The monoisotopic (exact) mass is 292 g/mol. The summed E-state index contributed by atoms with van der Waals surface area (Å²) in [5.41, 5.74) is 1.77. The normalized spacial score (nSPS) is 11.0. The summed E-state index contributed by atoms with van der Waals surface area (Å²) >= 11 is 6.19. The molecule has 0 spiro atoms. The van der Waals surface area contributed by atoms with Gasteiger partial charge in [-0.1, -0.05) is 29.8 Å². The second-order valence-electron chi connectivity index (χ2n) is 4.61. The van der Waals surface area contributed by atoms with Gasteiger partial charge in [-0.05, 0) is 26.1 Å². The molecule has 1 aromatic carbocycles. The van der Waals surface area contributed by atoms with Gasteiger partial charge in [-0.3, -0.25) is 9.69 Å². The fraction of sp³-hybridized carbons (Fsp3) is 0.333. The van der Waals surface area contributed by atoms with Gasteiger partial charge >= 0.3 is 5.97 Å². The molecule has 0 aliphatic heterocycles. The summed E-state index contributed by atoms with van der Waals surface area (Å²) < 4.78 is 4.92. The maximum absolute atomic E-state index is 11.4. The van der Waals surface area contributed by atoms with E-state index in [1.807, 2.05) is 42.3 Å². The van der Waals surface area contributed by atoms with Crippen LogP contribution >= 0.6 is 11.6 Å². The predicted molar refractivity (Wildman–Crippen MR) is 79.7 cm³/mol. The molecule has 0 N–H and O–H groups in total. The molecule has 0 fully saturated rings. The standard InChI is InChI=1S/C15H17ClN2O2/c1-3-20-14(19)10-18(2)9-12-8-11-6-4-5-7-13(11)17-15(12)16/h4-8H,3,9-10H2,1-2H3. The van der Waals surface area contributed by atoms with Crippen molar-refractivity contribution in [2.45, 2.75) is 13.5 Å². The molecule has 5 heteroatoms. The van der Waals surface area contributed by atoms with E-state index in [1.54, 1.807) is 6.92 Å². The molecule has 0 saturated heterocycles. The van der Waals surface area contributed by atoms with Crippen LogP contribution in [-0.4, -0.2) is 36.1 Å². The number of hydrogen-bond acceptors (Lipinski definition) is 4. The number of carbonyl (C=O) groups is 1. The Labute approximate surface area is 123 Å². The molecule has 0 aliphatic carbocycles. The van der Waals surface area contributed by atoms with Crippen LogP contribution in [0.5, 0.6) is 0 Å². The Hall–Kier alpha value is -1.65. The number of ether oxygens (including phenoxy) is 1. The Morgan fingerprint density at radius 1 is 1.40 bits per heavy atom. The Morgan fingerprint density at radius 3 is 2.90 bits per heavy atom. The van der Waals surface area contributed by atoms with Crippen LogP contribution in [0.3, 0.4) is 0 Å². The highest BCUT2D eigenvalue weighted by Gasteiger charge is 2.11. The van der Waals surface area contributed by atoms with Gasteiger partial charge in [-0.15, -0.1) is 0 Å². The molecule has 2 rings (SSSR count). The van der Waals surface area contributed by atoms with E-state index in [0.29, 0.717) is 18.3 Å². The van der Waals surface area contributed by atoms with Crippen LogP contribution in [0.1, 0.15) is 12.5 Å². The van der Waals surface area contributed by atoms with Crippen molar-refractivity contribution in [3.05, 3.63) is 41.0 Å². The van der Waals surface area contributed by atoms with E-state index in [1.165, 1.54) is 0 Å². The lowest BCUT2D eigenvalue weighted by Crippen LogP contribution is -2.27. The summed E-state index contributed by atoms with van der Waals surface area (Å²) in [5.74, 6) is -0.236. The first-order valence-corrected chi connectivity index (χ1v) is 6.86. The lowest BCUT2D eigenvalue weighted by molar-refractivity contribution is -0.144. The molecule has 0 atom stereocenters. The molecular weight excluding hydrogens is 276 g/mol. The molecule has 0 aliphatic rings. The van der Waals surface area contributed by atoms with Crippen molar-refractivity contribution in [3.8, 4) is 0 Å². The van der Waals surface area contributed by atoms with Crippen LogP contribution in [0.2, 0.25) is 5.15 Å². The van der Waals surface area contributed by atoms with Gasteiger partial charge in [0.25, 0.3) is 0 Å². The zero-order valence-electron chi connectivity index (χ0n) is 11.6. The number of rotatable bonds is 5. The highest BCUT2D eigenvalue weighted by molar-refractivity contribution is 6.30. The molecular formula is C15H17ClN2O2. The van der Waals surface area contributed by atoms with Crippen LogP contribution < -0.4 is 0 Å². The van der Waals surface area contributed by atoms with Gasteiger partial charge in [0.1, 0.15) is 5.15 Å². The minimum Gasteiger partial charge on any atom is -0.465 e. The summed E-state index contributed by atoms with van der Waals surface area (Å²) in [5, 5.41) is 1.51. The van der Waals surface area contributed by atoms with Gasteiger partial charge in [-0.25, -0.2) is 4.98 Å². The first-order chi connectivity index (χ1) is 9.60. The van der Waals surface area contributed by atoms with Gasteiger partial charge in [0, 0.05) is 17.5 Å². The summed E-state index contributed by atoms with van der Waals surface area (Å²) in [7, 11) is 1.85. The van der Waals surface area contributed by atoms with E-state index in [9.17, 15) is 4.79 Å². The number of fused-ring (bicyclic) bond motifs is 1. The molecule has 0 amide bonds. The topological polar surface area (TPSA) is 42.4 Å². The fourth-order valence-electron chi connectivity index (χ4n) is 2.02. The number of nitrogens with zero attached hydrogens (tertiary/aromatic N) is 2. The van der Waals surface area contributed by atoms with Crippen molar-refractivity contribution in [2.24, 2.45) is 0 Å². The minimum atomic E-state index is -0.236. The van der Waals surface area contributed by atoms with E-state index in [2.05, 4.69) is 4.98 Å². The largest absolute Gasteiger partial charge is 0.465 e. The summed E-state index contributed by atoms with van der Waals surface area (Å²) in [6.45, 7) is 2.97. The third-order valence-corrected chi connectivity index (χ3v) is 3.22. The third-order valence-electron chi connectivity index (χ3n) is 2.89. The number of benzene rings is 1. The van der Waals surface area contributed by atoms with Crippen molar-refractivity contribution in [1.82, 2.24) is 9.88 Å². The summed E-state index contributed by atoms with van der Waals surface area (Å²) in [6, 6.07) is 9.81. The Kier molecular flexibility index (Phi) is 4.93. The first kappa shape index (κ1) is 14.8. The van der Waals surface area contributed by atoms with Crippen LogP contribution in [0.4, 0.5) is 0 Å². The van der Waals surface area contributed by atoms with Crippen LogP contribution in [0, 0.1) is 0 Å². The number of pyridine rings is 1. The zero-order valence-corrected chi connectivity index (χ0v) is 12.4. The lowest BCUT2D eigenvalue weighted by atomic mass is 10.1. The van der Waals surface area contributed by atoms with Gasteiger partial charge in [0.05, 0.1) is 18.7 Å². The summed E-state index contributed by atoms with van der Waals surface area (Å²) in [6.07, 6.45) is 0. The molecule has 4 nitrogen and oxygen atoms in total. The smallest absolute Gasteiger partial charge is 0.320 e. The third kappa shape index (κ3) is 3.68. The molecule has 20 heavy (non-hydrogen) atoms. The minimum absolute atomic E-state index is 0.233. The number of esters is 1. The van der Waals surface area contributed by atoms with E-state index >= 15 is 0 Å². The number of hydrogen-bond donors (Lipinski definition) is 0. The molecule has 1 heterocycles. The molecule has 0 unspecified atom stereocenters. The van der Waals surface area contributed by atoms with Gasteiger partial charge < -0.3 is 4.74 Å². The second-order valence-corrected chi connectivity index (χ2v) is 4.97. The molecule has 0 radical (unpaired) electrons. The molecule has 2 aromatic rings. The number of halogens is 1. The van der Waals surface area contributed by atoms with Gasteiger partial charge in [0.15, 0.2) is 0 Å². The maximum atomic E-state index is 11.4. The number of aromatic nitrogens is 1. The molecule has 1 aromatic heterocycles. The van der Waals surface area contributed by atoms with E-state index in [-0.39, 0.29) is 12.5 Å². The van der Waals surface area contributed by atoms with Gasteiger partial charge in [0.2, 0.25) is 0 Å². The van der Waals surface area contributed by atoms with Crippen LogP contribution in [0.25, 0.3) is 10.9 Å². The van der Waals surface area contributed by atoms with Crippen LogP contribution in [0.15, 0.2) is 30.3 Å². The van der Waals surface area contributed by atoms with Crippen molar-refractivity contribution in [1.29, 1.82) is 0 Å². The van der Waals surface area contributed by atoms with E-state index in [0.717, 1.165) is 16.5 Å². The Bertz CT molecular complexity index is 616. The van der Waals surface area contributed by atoms with Crippen LogP contribution in [-0.2, 0) is 16.1 Å². The summed E-state index contributed by atoms with van der Waals surface area (Å²) in [4.78, 5) is 17.7. The first-order valence-electron chi connectivity index (χ1n) is 6.48. The predicted octanol–water partition coefficient (Wildman–Crippen LogP) is 2.88. The number of likely N-dealkylation sites (N-methyl/N-ethyl adjacent to an activating group) is 1. The van der Waals surface area contributed by atoms with Crippen molar-refractivity contribution in [2.75, 3.05) is 20.2 Å².